The highest BCUT2D eigenvalue weighted by Crippen LogP contribution is 2.38. The van der Waals surface area contributed by atoms with Gasteiger partial charge < -0.3 is 10.4 Å². The lowest BCUT2D eigenvalue weighted by atomic mass is 9.73. The van der Waals surface area contributed by atoms with Crippen LogP contribution in [0.4, 0.5) is 0 Å². The molecule has 17 heavy (non-hydrogen) atoms. The van der Waals surface area contributed by atoms with Gasteiger partial charge in [0.1, 0.15) is 0 Å². The molecule has 0 aliphatic heterocycles. The van der Waals surface area contributed by atoms with Crippen LogP contribution in [0.1, 0.15) is 59.3 Å². The van der Waals surface area contributed by atoms with Crippen LogP contribution in [0.15, 0.2) is 0 Å². The summed E-state index contributed by atoms with van der Waals surface area (Å²) in [6.07, 6.45) is 5.86. The normalized spacial score (nSPS) is 22.1. The van der Waals surface area contributed by atoms with Gasteiger partial charge in [0.2, 0.25) is 5.91 Å². The zero-order valence-electron chi connectivity index (χ0n) is 11.5. The first-order valence-electron chi connectivity index (χ1n) is 6.89. The van der Waals surface area contributed by atoms with Gasteiger partial charge in [0, 0.05) is 18.6 Å². The standard InChI is InChI=1S/C14H27NO2/c1-4-12(7-10-16)15-13(17)11-5-8-14(2,3)9-6-11/h11-12,16H,4-10H2,1-3H3,(H,15,17). The molecule has 1 atom stereocenters. The number of hydrogen-bond donors (Lipinski definition) is 2. The van der Waals surface area contributed by atoms with Gasteiger partial charge in [-0.2, -0.15) is 0 Å². The number of carbonyl (C=O) groups excluding carboxylic acids is 1. The van der Waals surface area contributed by atoms with Crippen LogP contribution >= 0.6 is 0 Å². The number of aliphatic hydroxyl groups excluding tert-OH is 1. The van der Waals surface area contributed by atoms with Crippen molar-refractivity contribution in [2.45, 2.75) is 65.3 Å². The monoisotopic (exact) mass is 241 g/mol. The van der Waals surface area contributed by atoms with E-state index < -0.39 is 0 Å². The summed E-state index contributed by atoms with van der Waals surface area (Å²) in [6, 6.07) is 0.141. The third-order valence-corrected chi connectivity index (χ3v) is 4.03. The fraction of sp³-hybridized carbons (Fsp3) is 0.929. The van der Waals surface area contributed by atoms with Gasteiger partial charge >= 0.3 is 0 Å². The number of rotatable bonds is 5. The molecule has 2 N–H and O–H groups in total. The van der Waals surface area contributed by atoms with Gasteiger partial charge in [-0.3, -0.25) is 4.79 Å². The van der Waals surface area contributed by atoms with Crippen molar-refractivity contribution >= 4 is 5.91 Å². The topological polar surface area (TPSA) is 49.3 Å². The van der Waals surface area contributed by atoms with Crippen LogP contribution in [0.25, 0.3) is 0 Å². The number of aliphatic hydroxyl groups is 1. The smallest absolute Gasteiger partial charge is 0.223 e. The Kier molecular flexibility index (Phi) is 5.44. The molecular formula is C14H27NO2. The van der Waals surface area contributed by atoms with Crippen molar-refractivity contribution in [1.29, 1.82) is 0 Å². The van der Waals surface area contributed by atoms with Crippen LogP contribution in [0, 0.1) is 11.3 Å². The third-order valence-electron chi connectivity index (χ3n) is 4.03. The predicted octanol–water partition coefficient (Wildman–Crippen LogP) is 2.48. The van der Waals surface area contributed by atoms with E-state index in [1.165, 1.54) is 0 Å². The van der Waals surface area contributed by atoms with Gasteiger partial charge in [-0.25, -0.2) is 0 Å². The van der Waals surface area contributed by atoms with Crippen molar-refractivity contribution in [3.05, 3.63) is 0 Å². The molecule has 0 aromatic rings. The van der Waals surface area contributed by atoms with Crippen molar-refractivity contribution in [3.63, 3.8) is 0 Å². The van der Waals surface area contributed by atoms with E-state index >= 15 is 0 Å². The molecule has 0 radical (unpaired) electrons. The molecule has 100 valence electrons. The molecule has 0 bridgehead atoms. The summed E-state index contributed by atoms with van der Waals surface area (Å²) in [6.45, 7) is 6.75. The van der Waals surface area contributed by atoms with E-state index in [-0.39, 0.29) is 24.5 Å². The van der Waals surface area contributed by atoms with Gasteiger partial charge in [-0.15, -0.1) is 0 Å². The maximum Gasteiger partial charge on any atom is 0.223 e. The Labute approximate surface area is 105 Å². The van der Waals surface area contributed by atoms with Gasteiger partial charge in [0.15, 0.2) is 0 Å². The Morgan fingerprint density at radius 2 is 2.00 bits per heavy atom. The van der Waals surface area contributed by atoms with E-state index in [0.29, 0.717) is 11.8 Å². The van der Waals surface area contributed by atoms with Gasteiger partial charge in [-0.05, 0) is 43.9 Å². The Balaban J connectivity index is 2.38. The van der Waals surface area contributed by atoms with E-state index in [1.54, 1.807) is 0 Å². The molecule has 1 unspecified atom stereocenters. The number of amides is 1. The van der Waals surface area contributed by atoms with E-state index in [4.69, 9.17) is 5.11 Å². The lowest BCUT2D eigenvalue weighted by Gasteiger charge is -2.34. The van der Waals surface area contributed by atoms with E-state index in [0.717, 1.165) is 32.1 Å². The Bertz CT molecular complexity index is 241. The highest BCUT2D eigenvalue weighted by Gasteiger charge is 2.30. The molecule has 1 rings (SSSR count). The fourth-order valence-electron chi connectivity index (χ4n) is 2.51. The zero-order chi connectivity index (χ0) is 12.9. The minimum absolute atomic E-state index is 0.141. The summed E-state index contributed by atoms with van der Waals surface area (Å²) in [7, 11) is 0. The van der Waals surface area contributed by atoms with E-state index in [9.17, 15) is 4.79 Å². The van der Waals surface area contributed by atoms with Crippen LogP contribution in [-0.2, 0) is 4.79 Å². The van der Waals surface area contributed by atoms with Gasteiger partial charge in [-0.1, -0.05) is 20.8 Å². The predicted molar refractivity (Wildman–Crippen MR) is 69.7 cm³/mol. The average molecular weight is 241 g/mol. The summed E-state index contributed by atoms with van der Waals surface area (Å²) in [4.78, 5) is 12.1. The number of carbonyl (C=O) groups is 1. The largest absolute Gasteiger partial charge is 0.396 e. The minimum atomic E-state index is 0.141. The summed E-state index contributed by atoms with van der Waals surface area (Å²) >= 11 is 0. The highest BCUT2D eigenvalue weighted by atomic mass is 16.3. The molecule has 1 fully saturated rings. The summed E-state index contributed by atoms with van der Waals surface area (Å²) in [5.41, 5.74) is 0.409. The zero-order valence-corrected chi connectivity index (χ0v) is 11.5. The number of hydrogen-bond acceptors (Lipinski definition) is 2. The second-order valence-electron chi connectivity index (χ2n) is 6.06. The molecule has 1 amide bonds. The Hall–Kier alpha value is -0.570. The van der Waals surface area contributed by atoms with Crippen LogP contribution in [-0.4, -0.2) is 23.7 Å². The first-order chi connectivity index (χ1) is 7.98. The molecule has 3 heteroatoms. The average Bonchev–Trinajstić information content (AvgIpc) is 2.28. The Morgan fingerprint density at radius 3 is 2.47 bits per heavy atom. The SMILES string of the molecule is CCC(CCO)NC(=O)C1CCC(C)(C)CC1. The molecule has 1 aliphatic carbocycles. The second-order valence-corrected chi connectivity index (χ2v) is 6.06. The van der Waals surface area contributed by atoms with Crippen molar-refractivity contribution in [2.75, 3.05) is 6.61 Å². The first kappa shape index (κ1) is 14.5. The van der Waals surface area contributed by atoms with Crippen molar-refractivity contribution in [1.82, 2.24) is 5.32 Å². The quantitative estimate of drug-likeness (QED) is 0.777. The maximum atomic E-state index is 12.1. The summed E-state index contributed by atoms with van der Waals surface area (Å²) in [5, 5.41) is 12.0. The summed E-state index contributed by atoms with van der Waals surface area (Å²) in [5.74, 6) is 0.386. The molecule has 3 nitrogen and oxygen atoms in total. The number of nitrogens with one attached hydrogen (secondary N) is 1. The highest BCUT2D eigenvalue weighted by molar-refractivity contribution is 5.79. The van der Waals surface area contributed by atoms with Crippen molar-refractivity contribution in [2.24, 2.45) is 11.3 Å². The Morgan fingerprint density at radius 1 is 1.41 bits per heavy atom. The van der Waals surface area contributed by atoms with Crippen molar-refractivity contribution in [3.8, 4) is 0 Å². The van der Waals surface area contributed by atoms with Crippen LogP contribution in [0.2, 0.25) is 0 Å². The second kappa shape index (κ2) is 6.39. The first-order valence-corrected chi connectivity index (χ1v) is 6.89. The third kappa shape index (κ3) is 4.66. The maximum absolute atomic E-state index is 12.1. The van der Waals surface area contributed by atoms with Gasteiger partial charge in [0.05, 0.1) is 0 Å². The molecule has 0 saturated heterocycles. The lowest BCUT2D eigenvalue weighted by molar-refractivity contribution is -0.127. The lowest BCUT2D eigenvalue weighted by Crippen LogP contribution is -2.41. The molecule has 0 aromatic carbocycles. The van der Waals surface area contributed by atoms with Gasteiger partial charge in [0.25, 0.3) is 0 Å². The molecule has 0 heterocycles. The molecule has 1 aliphatic rings. The fourth-order valence-corrected chi connectivity index (χ4v) is 2.51. The van der Waals surface area contributed by atoms with Crippen molar-refractivity contribution < 1.29 is 9.90 Å². The molecule has 0 aromatic heterocycles. The van der Waals surface area contributed by atoms with E-state index in [2.05, 4.69) is 19.2 Å². The molecule has 1 saturated carbocycles. The molecular weight excluding hydrogens is 214 g/mol. The molecule has 0 spiro atoms. The summed E-state index contributed by atoms with van der Waals surface area (Å²) < 4.78 is 0. The van der Waals surface area contributed by atoms with Crippen LogP contribution < -0.4 is 5.32 Å². The minimum Gasteiger partial charge on any atom is -0.396 e. The van der Waals surface area contributed by atoms with Crippen LogP contribution in [0.3, 0.4) is 0 Å². The van der Waals surface area contributed by atoms with Crippen LogP contribution in [0.5, 0.6) is 0 Å². The van der Waals surface area contributed by atoms with E-state index in [1.807, 2.05) is 6.92 Å².